The van der Waals surface area contributed by atoms with Gasteiger partial charge in [-0.15, -0.1) is 0 Å². The second-order valence-electron chi connectivity index (χ2n) is 3.90. The van der Waals surface area contributed by atoms with Gasteiger partial charge in [-0.1, -0.05) is 23.2 Å². The van der Waals surface area contributed by atoms with Crippen LogP contribution < -0.4 is 4.72 Å². The lowest BCUT2D eigenvalue weighted by Gasteiger charge is -2.06. The lowest BCUT2D eigenvalue weighted by molar-refractivity contribution is 0.587. The van der Waals surface area contributed by atoms with Crippen molar-refractivity contribution >= 4 is 44.0 Å². The maximum Gasteiger partial charge on any atom is 0.211 e. The smallest absolute Gasteiger partial charge is 0.211 e. The summed E-state index contributed by atoms with van der Waals surface area (Å²) < 4.78 is 36.4. The molecule has 0 aliphatic carbocycles. The minimum absolute atomic E-state index is 0.0292. The summed E-state index contributed by atoms with van der Waals surface area (Å²) in [6.07, 6.45) is 0.341. The molecule has 8 heteroatoms. The molecule has 0 amide bonds. The summed E-state index contributed by atoms with van der Waals surface area (Å²) in [5.41, 5.74) is 0.712. The molecule has 1 N–H and O–H groups in total. The molecular formula is C11H15Cl2NO3S2. The molecule has 0 unspecified atom stereocenters. The molecule has 0 radical (unpaired) electrons. The van der Waals surface area contributed by atoms with E-state index in [9.17, 15) is 12.6 Å². The molecule has 0 saturated heterocycles. The van der Waals surface area contributed by atoms with Gasteiger partial charge >= 0.3 is 0 Å². The molecule has 1 aromatic rings. The highest BCUT2D eigenvalue weighted by Gasteiger charge is 2.10. The first-order chi connectivity index (χ1) is 8.84. The third-order valence-electron chi connectivity index (χ3n) is 2.42. The first-order valence-electron chi connectivity index (χ1n) is 5.54. The van der Waals surface area contributed by atoms with Gasteiger partial charge < -0.3 is 0 Å². The van der Waals surface area contributed by atoms with Crippen molar-refractivity contribution in [2.45, 2.75) is 12.2 Å². The molecule has 0 heterocycles. The topological polar surface area (TPSA) is 63.2 Å². The predicted octanol–water partition coefficient (Wildman–Crippen LogP) is 2.18. The van der Waals surface area contributed by atoms with Crippen molar-refractivity contribution in [3.63, 3.8) is 0 Å². The van der Waals surface area contributed by atoms with E-state index in [0.717, 1.165) is 0 Å². The molecule has 1 atom stereocenters. The maximum atomic E-state index is 11.8. The molecule has 0 aliphatic rings. The van der Waals surface area contributed by atoms with E-state index in [-0.39, 0.29) is 11.5 Å². The van der Waals surface area contributed by atoms with Gasteiger partial charge in [0.2, 0.25) is 10.0 Å². The average molecular weight is 344 g/mol. The van der Waals surface area contributed by atoms with Gasteiger partial charge in [-0.05, 0) is 37.2 Å². The molecule has 4 nitrogen and oxygen atoms in total. The van der Waals surface area contributed by atoms with Gasteiger partial charge in [0, 0.05) is 26.6 Å². The number of hydrogen-bond acceptors (Lipinski definition) is 3. The Morgan fingerprint density at radius 1 is 1.32 bits per heavy atom. The van der Waals surface area contributed by atoms with Crippen molar-refractivity contribution in [2.24, 2.45) is 0 Å². The van der Waals surface area contributed by atoms with E-state index in [4.69, 9.17) is 23.2 Å². The molecule has 19 heavy (non-hydrogen) atoms. The van der Waals surface area contributed by atoms with Gasteiger partial charge in [-0.3, -0.25) is 4.21 Å². The second kappa shape index (κ2) is 7.59. The minimum Gasteiger partial charge on any atom is -0.259 e. The highest BCUT2D eigenvalue weighted by molar-refractivity contribution is 7.89. The van der Waals surface area contributed by atoms with Crippen molar-refractivity contribution in [3.8, 4) is 0 Å². The SMILES string of the molecule is CNS(=O)(=O)CCC[S@@](=O)Cc1cc(Cl)ccc1Cl. The monoisotopic (exact) mass is 343 g/mol. The maximum absolute atomic E-state index is 11.8. The fourth-order valence-electron chi connectivity index (χ4n) is 1.41. The fraction of sp³-hybridized carbons (Fsp3) is 0.455. The molecule has 0 aliphatic heterocycles. The number of sulfonamides is 1. The van der Waals surface area contributed by atoms with Crippen LogP contribution in [-0.4, -0.2) is 31.2 Å². The van der Waals surface area contributed by atoms with E-state index in [0.29, 0.717) is 27.8 Å². The van der Waals surface area contributed by atoms with Gasteiger partial charge in [0.1, 0.15) is 0 Å². The standard InChI is InChI=1S/C11H15Cl2NO3S2/c1-14-19(16,17)6-2-5-18(15)8-9-7-10(12)3-4-11(9)13/h3-4,7,14H,2,5-6,8H2,1H3/t18-/m1/s1. The molecule has 0 spiro atoms. The van der Waals surface area contributed by atoms with Gasteiger partial charge in [-0.25, -0.2) is 13.1 Å². The second-order valence-corrected chi connectivity index (χ2v) is 8.37. The predicted molar refractivity (Wildman–Crippen MR) is 80.6 cm³/mol. The zero-order chi connectivity index (χ0) is 14.5. The van der Waals surface area contributed by atoms with E-state index in [1.807, 2.05) is 0 Å². The summed E-state index contributed by atoms with van der Waals surface area (Å²) in [5.74, 6) is 0.557. The lowest BCUT2D eigenvalue weighted by Crippen LogP contribution is -2.23. The lowest BCUT2D eigenvalue weighted by atomic mass is 10.2. The van der Waals surface area contributed by atoms with Crippen LogP contribution in [0.5, 0.6) is 0 Å². The van der Waals surface area contributed by atoms with Gasteiger partial charge in [0.25, 0.3) is 0 Å². The zero-order valence-electron chi connectivity index (χ0n) is 10.4. The van der Waals surface area contributed by atoms with Gasteiger partial charge in [-0.2, -0.15) is 0 Å². The molecule has 0 aromatic heterocycles. The summed E-state index contributed by atoms with van der Waals surface area (Å²) in [5, 5.41) is 1.05. The molecule has 0 bridgehead atoms. The summed E-state index contributed by atoms with van der Waals surface area (Å²) in [6.45, 7) is 0. The quantitative estimate of drug-likeness (QED) is 0.825. The van der Waals surface area contributed by atoms with E-state index in [2.05, 4.69) is 4.72 Å². The normalized spacial score (nSPS) is 13.4. The largest absolute Gasteiger partial charge is 0.259 e. The number of nitrogens with one attached hydrogen (secondary N) is 1. The Labute approximate surface area is 126 Å². The summed E-state index contributed by atoms with van der Waals surface area (Å²) in [6, 6.07) is 4.99. The number of hydrogen-bond donors (Lipinski definition) is 1. The van der Waals surface area contributed by atoms with Crippen LogP contribution in [0.25, 0.3) is 0 Å². The van der Waals surface area contributed by atoms with Crippen LogP contribution in [0.4, 0.5) is 0 Å². The van der Waals surface area contributed by atoms with E-state index >= 15 is 0 Å². The minimum atomic E-state index is -3.23. The van der Waals surface area contributed by atoms with Crippen LogP contribution in [0.2, 0.25) is 10.0 Å². The number of benzene rings is 1. The van der Waals surface area contributed by atoms with Crippen LogP contribution in [0, 0.1) is 0 Å². The average Bonchev–Trinajstić information content (AvgIpc) is 2.33. The van der Waals surface area contributed by atoms with Crippen molar-refractivity contribution in [2.75, 3.05) is 18.6 Å². The van der Waals surface area contributed by atoms with Crippen LogP contribution in [0.3, 0.4) is 0 Å². The molecule has 108 valence electrons. The first kappa shape index (κ1) is 16.9. The van der Waals surface area contributed by atoms with Crippen molar-refractivity contribution < 1.29 is 12.6 Å². The Bertz CT molecular complexity index is 561. The fourth-order valence-corrected chi connectivity index (χ4v) is 3.98. The van der Waals surface area contributed by atoms with Crippen LogP contribution in [0.1, 0.15) is 12.0 Å². The Morgan fingerprint density at radius 3 is 2.63 bits per heavy atom. The zero-order valence-corrected chi connectivity index (χ0v) is 13.5. The Kier molecular flexibility index (Phi) is 6.76. The summed E-state index contributed by atoms with van der Waals surface area (Å²) >= 11 is 11.8. The Balaban J connectivity index is 2.50. The molecular weight excluding hydrogens is 329 g/mol. The van der Waals surface area contributed by atoms with Gasteiger partial charge in [0.05, 0.1) is 11.5 Å². The van der Waals surface area contributed by atoms with Crippen LogP contribution >= 0.6 is 23.2 Å². The summed E-state index contributed by atoms with van der Waals surface area (Å²) in [4.78, 5) is 0. The Morgan fingerprint density at radius 2 is 2.00 bits per heavy atom. The molecule has 0 saturated carbocycles. The van der Waals surface area contributed by atoms with Crippen LogP contribution in [-0.2, 0) is 26.6 Å². The number of rotatable bonds is 7. The van der Waals surface area contributed by atoms with E-state index in [1.165, 1.54) is 7.05 Å². The van der Waals surface area contributed by atoms with Crippen LogP contribution in [0.15, 0.2) is 18.2 Å². The van der Waals surface area contributed by atoms with Crippen molar-refractivity contribution in [1.82, 2.24) is 4.72 Å². The third kappa shape index (κ3) is 6.23. The number of halogens is 2. The first-order valence-corrected chi connectivity index (χ1v) is 9.44. The molecule has 0 fully saturated rings. The molecule has 1 aromatic carbocycles. The summed E-state index contributed by atoms with van der Waals surface area (Å²) in [7, 11) is -3.04. The highest BCUT2D eigenvalue weighted by Crippen LogP contribution is 2.22. The van der Waals surface area contributed by atoms with Crippen molar-refractivity contribution in [3.05, 3.63) is 33.8 Å². The van der Waals surface area contributed by atoms with Crippen molar-refractivity contribution in [1.29, 1.82) is 0 Å². The van der Waals surface area contributed by atoms with E-state index < -0.39 is 20.8 Å². The highest BCUT2D eigenvalue weighted by atomic mass is 35.5. The van der Waals surface area contributed by atoms with E-state index in [1.54, 1.807) is 18.2 Å². The van der Waals surface area contributed by atoms with Gasteiger partial charge in [0.15, 0.2) is 0 Å². The third-order valence-corrected chi connectivity index (χ3v) is 5.85. The Hall–Kier alpha value is -0.140. The molecule has 1 rings (SSSR count).